The molecular formula is C15H26N2O4. The van der Waals surface area contributed by atoms with Gasteiger partial charge in [0.05, 0.1) is 0 Å². The van der Waals surface area contributed by atoms with Gasteiger partial charge in [0, 0.05) is 32.1 Å². The first-order chi connectivity index (χ1) is 9.83. The second-order valence-corrected chi connectivity index (χ2v) is 7.06. The zero-order valence-corrected chi connectivity index (χ0v) is 12.9. The van der Waals surface area contributed by atoms with E-state index in [4.69, 9.17) is 4.74 Å². The quantitative estimate of drug-likeness (QED) is 0.742. The summed E-state index contributed by atoms with van der Waals surface area (Å²) in [5.41, 5.74) is -0.953. The highest BCUT2D eigenvalue weighted by Crippen LogP contribution is 2.35. The molecule has 0 radical (unpaired) electrons. The Morgan fingerprint density at radius 3 is 2.43 bits per heavy atom. The van der Waals surface area contributed by atoms with Gasteiger partial charge in [0.25, 0.3) is 0 Å². The van der Waals surface area contributed by atoms with Crippen molar-refractivity contribution < 1.29 is 19.4 Å². The molecule has 1 atom stereocenters. The molecule has 1 unspecified atom stereocenters. The molecule has 0 spiro atoms. The summed E-state index contributed by atoms with van der Waals surface area (Å²) in [4.78, 5) is 23.7. The third kappa shape index (κ3) is 4.09. The average molecular weight is 298 g/mol. The summed E-state index contributed by atoms with van der Waals surface area (Å²) < 4.78 is 5.20. The van der Waals surface area contributed by atoms with E-state index in [1.54, 1.807) is 0 Å². The highest BCUT2D eigenvalue weighted by molar-refractivity contribution is 5.86. The highest BCUT2D eigenvalue weighted by Gasteiger charge is 2.42. The van der Waals surface area contributed by atoms with Gasteiger partial charge in [0.1, 0.15) is 5.54 Å². The molecule has 0 aromatic carbocycles. The molecule has 120 valence electrons. The van der Waals surface area contributed by atoms with Gasteiger partial charge in [-0.3, -0.25) is 0 Å². The summed E-state index contributed by atoms with van der Waals surface area (Å²) in [5, 5.41) is 15.1. The number of aliphatic carboxylic acids is 1. The number of carbonyl (C=O) groups is 2. The van der Waals surface area contributed by atoms with Gasteiger partial charge in [-0.05, 0) is 24.7 Å². The molecule has 6 nitrogen and oxygen atoms in total. The molecule has 1 saturated carbocycles. The van der Waals surface area contributed by atoms with Crippen molar-refractivity contribution in [3.8, 4) is 0 Å². The Balaban J connectivity index is 1.92. The molecule has 1 aliphatic carbocycles. The van der Waals surface area contributed by atoms with E-state index in [-0.39, 0.29) is 17.5 Å². The van der Waals surface area contributed by atoms with Crippen molar-refractivity contribution in [1.82, 2.24) is 10.6 Å². The second-order valence-electron chi connectivity index (χ2n) is 7.06. The lowest BCUT2D eigenvalue weighted by atomic mass is 9.75. The maximum absolute atomic E-state index is 12.2. The Labute approximate surface area is 125 Å². The van der Waals surface area contributed by atoms with Crippen LogP contribution >= 0.6 is 0 Å². The number of urea groups is 1. The van der Waals surface area contributed by atoms with E-state index >= 15 is 0 Å². The predicted octanol–water partition coefficient (Wildman–Crippen LogP) is 1.89. The summed E-state index contributed by atoms with van der Waals surface area (Å²) >= 11 is 0. The van der Waals surface area contributed by atoms with Crippen LogP contribution in [0.4, 0.5) is 4.79 Å². The van der Waals surface area contributed by atoms with Crippen LogP contribution in [0.25, 0.3) is 0 Å². The SMILES string of the molecule is CC1(C)CCCC(NC(=O)NC2(C(=O)O)CCOCC2)C1. The molecule has 1 heterocycles. The standard InChI is InChI=1S/C15H26N2O4/c1-14(2)5-3-4-11(10-14)16-13(20)17-15(12(18)19)6-8-21-9-7-15/h11H,3-10H2,1-2H3,(H,18,19)(H2,16,17,20). The number of carbonyl (C=O) groups excluding carboxylic acids is 1. The molecule has 2 aliphatic rings. The van der Waals surface area contributed by atoms with Crippen LogP contribution in [0.1, 0.15) is 52.4 Å². The van der Waals surface area contributed by atoms with Crippen LogP contribution in [0.15, 0.2) is 0 Å². The number of amides is 2. The number of nitrogens with one attached hydrogen (secondary N) is 2. The number of carboxylic acid groups (broad SMARTS) is 1. The fourth-order valence-electron chi connectivity index (χ4n) is 3.37. The van der Waals surface area contributed by atoms with Crippen molar-refractivity contribution >= 4 is 12.0 Å². The van der Waals surface area contributed by atoms with Gasteiger partial charge in [0.2, 0.25) is 0 Å². The van der Waals surface area contributed by atoms with Crippen LogP contribution in [0.3, 0.4) is 0 Å². The number of rotatable bonds is 3. The van der Waals surface area contributed by atoms with Gasteiger partial charge in [-0.15, -0.1) is 0 Å². The van der Waals surface area contributed by atoms with E-state index in [0.29, 0.717) is 26.1 Å². The lowest BCUT2D eigenvalue weighted by Gasteiger charge is -2.37. The fourth-order valence-corrected chi connectivity index (χ4v) is 3.37. The molecule has 1 aliphatic heterocycles. The zero-order valence-electron chi connectivity index (χ0n) is 12.9. The van der Waals surface area contributed by atoms with E-state index in [2.05, 4.69) is 24.5 Å². The van der Waals surface area contributed by atoms with Crippen LogP contribution in [-0.4, -0.2) is 41.9 Å². The van der Waals surface area contributed by atoms with Crippen molar-refractivity contribution in [3.05, 3.63) is 0 Å². The number of ether oxygens (including phenoxy) is 1. The first-order valence-corrected chi connectivity index (χ1v) is 7.73. The molecule has 3 N–H and O–H groups in total. The summed E-state index contributed by atoms with van der Waals surface area (Å²) in [5.74, 6) is -0.982. The Bertz CT molecular complexity index is 402. The molecule has 2 amide bonds. The maximum atomic E-state index is 12.2. The normalized spacial score (nSPS) is 27.6. The molecule has 0 aromatic rings. The first kappa shape index (κ1) is 16.1. The minimum absolute atomic E-state index is 0.124. The van der Waals surface area contributed by atoms with Crippen LogP contribution in [0, 0.1) is 5.41 Å². The third-order valence-corrected chi connectivity index (χ3v) is 4.65. The van der Waals surface area contributed by atoms with Gasteiger partial charge in [-0.1, -0.05) is 20.3 Å². The topological polar surface area (TPSA) is 87.7 Å². The van der Waals surface area contributed by atoms with Crippen molar-refractivity contribution in [2.45, 2.75) is 64.0 Å². The number of carboxylic acids is 1. The van der Waals surface area contributed by atoms with Crippen LogP contribution in [-0.2, 0) is 9.53 Å². The summed E-state index contributed by atoms with van der Waals surface area (Å²) in [7, 11) is 0. The Morgan fingerprint density at radius 2 is 1.86 bits per heavy atom. The van der Waals surface area contributed by atoms with E-state index in [1.165, 1.54) is 6.42 Å². The molecule has 21 heavy (non-hydrogen) atoms. The highest BCUT2D eigenvalue weighted by atomic mass is 16.5. The zero-order chi connectivity index (χ0) is 15.5. The fraction of sp³-hybridized carbons (Fsp3) is 0.867. The summed E-state index contributed by atoms with van der Waals surface area (Å²) in [6.07, 6.45) is 4.78. The maximum Gasteiger partial charge on any atom is 0.329 e. The van der Waals surface area contributed by atoms with Gasteiger partial charge in [-0.25, -0.2) is 9.59 Å². The van der Waals surface area contributed by atoms with Crippen molar-refractivity contribution in [2.24, 2.45) is 5.41 Å². The van der Waals surface area contributed by atoms with Crippen molar-refractivity contribution in [1.29, 1.82) is 0 Å². The molecule has 2 fully saturated rings. The van der Waals surface area contributed by atoms with Gasteiger partial charge in [-0.2, -0.15) is 0 Å². The monoisotopic (exact) mass is 298 g/mol. The molecule has 0 aromatic heterocycles. The van der Waals surface area contributed by atoms with Crippen LogP contribution in [0.2, 0.25) is 0 Å². The second kappa shape index (κ2) is 6.22. The molecule has 6 heteroatoms. The molecular weight excluding hydrogens is 272 g/mol. The van der Waals surface area contributed by atoms with Gasteiger partial charge < -0.3 is 20.5 Å². The average Bonchev–Trinajstić information content (AvgIpc) is 2.38. The molecule has 1 saturated heterocycles. The Hall–Kier alpha value is -1.30. The van der Waals surface area contributed by atoms with Crippen molar-refractivity contribution in [2.75, 3.05) is 13.2 Å². The lowest BCUT2D eigenvalue weighted by molar-refractivity contribution is -0.148. The van der Waals surface area contributed by atoms with E-state index < -0.39 is 11.5 Å². The van der Waals surface area contributed by atoms with Gasteiger partial charge in [0.15, 0.2) is 0 Å². The minimum Gasteiger partial charge on any atom is -0.480 e. The smallest absolute Gasteiger partial charge is 0.329 e. The molecule has 2 rings (SSSR count). The van der Waals surface area contributed by atoms with Crippen LogP contribution < -0.4 is 10.6 Å². The lowest BCUT2D eigenvalue weighted by Crippen LogP contribution is -2.60. The minimum atomic E-state index is -1.19. The largest absolute Gasteiger partial charge is 0.480 e. The van der Waals surface area contributed by atoms with Gasteiger partial charge >= 0.3 is 12.0 Å². The predicted molar refractivity (Wildman–Crippen MR) is 78.1 cm³/mol. The van der Waals surface area contributed by atoms with Crippen molar-refractivity contribution in [3.63, 3.8) is 0 Å². The van der Waals surface area contributed by atoms with E-state index in [1.807, 2.05) is 0 Å². The first-order valence-electron chi connectivity index (χ1n) is 7.73. The van der Waals surface area contributed by atoms with Crippen LogP contribution in [0.5, 0.6) is 0 Å². The molecule has 0 bridgehead atoms. The number of hydrogen-bond donors (Lipinski definition) is 3. The summed E-state index contributed by atoms with van der Waals surface area (Å²) in [6, 6.07) is -0.249. The Morgan fingerprint density at radius 1 is 1.19 bits per heavy atom. The van der Waals surface area contributed by atoms with E-state index in [0.717, 1.165) is 19.3 Å². The third-order valence-electron chi connectivity index (χ3n) is 4.65. The Kier molecular flexibility index (Phi) is 4.76. The van der Waals surface area contributed by atoms with E-state index in [9.17, 15) is 14.7 Å². The summed E-state index contributed by atoms with van der Waals surface area (Å²) in [6.45, 7) is 5.14. The number of hydrogen-bond acceptors (Lipinski definition) is 3.